The SMILES string of the molecule is CC(C)(C)c1cc(C(=O)NC2(C(=O)O)CCCCCC2)no1. The van der Waals surface area contributed by atoms with Crippen molar-refractivity contribution < 1.29 is 19.2 Å². The van der Waals surface area contributed by atoms with Gasteiger partial charge in [-0.3, -0.25) is 4.79 Å². The van der Waals surface area contributed by atoms with Crippen molar-refractivity contribution in [2.45, 2.75) is 70.3 Å². The fourth-order valence-electron chi connectivity index (χ4n) is 2.74. The van der Waals surface area contributed by atoms with Gasteiger partial charge in [0.25, 0.3) is 5.91 Å². The quantitative estimate of drug-likeness (QED) is 0.838. The van der Waals surface area contributed by atoms with Crippen LogP contribution < -0.4 is 5.32 Å². The minimum absolute atomic E-state index is 0.134. The first-order valence-electron chi connectivity index (χ1n) is 7.78. The molecule has 6 nitrogen and oxygen atoms in total. The average molecular weight is 308 g/mol. The van der Waals surface area contributed by atoms with Crippen molar-refractivity contribution in [1.82, 2.24) is 10.5 Å². The summed E-state index contributed by atoms with van der Waals surface area (Å²) in [5.41, 5.74) is -1.30. The number of aliphatic carboxylic acids is 1. The number of hydrogen-bond donors (Lipinski definition) is 2. The van der Waals surface area contributed by atoms with E-state index in [1.165, 1.54) is 0 Å². The molecule has 0 aromatic carbocycles. The number of rotatable bonds is 3. The molecule has 1 amide bonds. The molecule has 0 spiro atoms. The standard InChI is InChI=1S/C16H24N2O4/c1-15(2,3)12-10-11(18-22-12)13(19)17-16(14(20)21)8-6-4-5-7-9-16/h10H,4-9H2,1-3H3,(H,17,19)(H,20,21). The minimum Gasteiger partial charge on any atom is -0.480 e. The van der Waals surface area contributed by atoms with Crippen molar-refractivity contribution in [1.29, 1.82) is 0 Å². The molecule has 1 aliphatic rings. The molecule has 0 unspecified atom stereocenters. The lowest BCUT2D eigenvalue weighted by Crippen LogP contribution is -2.54. The third-order valence-electron chi connectivity index (χ3n) is 4.20. The zero-order chi connectivity index (χ0) is 16.4. The first kappa shape index (κ1) is 16.5. The lowest BCUT2D eigenvalue weighted by Gasteiger charge is -2.28. The maximum absolute atomic E-state index is 12.4. The Bertz CT molecular complexity index is 549. The Morgan fingerprint density at radius 3 is 2.27 bits per heavy atom. The fourth-order valence-corrected chi connectivity index (χ4v) is 2.74. The van der Waals surface area contributed by atoms with Gasteiger partial charge in [-0.15, -0.1) is 0 Å². The van der Waals surface area contributed by atoms with Crippen molar-refractivity contribution in [3.8, 4) is 0 Å². The lowest BCUT2D eigenvalue weighted by atomic mass is 9.90. The molecule has 1 saturated carbocycles. The molecular weight excluding hydrogens is 284 g/mol. The van der Waals surface area contributed by atoms with Gasteiger partial charge in [0, 0.05) is 11.5 Å². The van der Waals surface area contributed by atoms with Crippen molar-refractivity contribution in [3.05, 3.63) is 17.5 Å². The molecule has 1 aliphatic carbocycles. The van der Waals surface area contributed by atoms with Gasteiger partial charge in [0.15, 0.2) is 5.69 Å². The first-order chi connectivity index (χ1) is 10.2. The molecule has 22 heavy (non-hydrogen) atoms. The number of hydrogen-bond acceptors (Lipinski definition) is 4. The van der Waals surface area contributed by atoms with Gasteiger partial charge in [0.1, 0.15) is 11.3 Å². The van der Waals surface area contributed by atoms with Gasteiger partial charge in [0.2, 0.25) is 0 Å². The predicted molar refractivity (Wildman–Crippen MR) is 80.7 cm³/mol. The van der Waals surface area contributed by atoms with Gasteiger partial charge >= 0.3 is 5.97 Å². The third kappa shape index (κ3) is 3.48. The van der Waals surface area contributed by atoms with Gasteiger partial charge in [0.05, 0.1) is 0 Å². The Balaban J connectivity index is 2.18. The summed E-state index contributed by atoms with van der Waals surface area (Å²) >= 11 is 0. The molecule has 2 rings (SSSR count). The Morgan fingerprint density at radius 2 is 1.82 bits per heavy atom. The van der Waals surface area contributed by atoms with Crippen LogP contribution in [0.2, 0.25) is 0 Å². The van der Waals surface area contributed by atoms with Crippen LogP contribution in [-0.4, -0.2) is 27.7 Å². The largest absolute Gasteiger partial charge is 0.480 e. The Kier molecular flexibility index (Phi) is 4.58. The number of nitrogens with zero attached hydrogens (tertiary/aromatic N) is 1. The normalized spacial score (nSPS) is 18.5. The van der Waals surface area contributed by atoms with Crippen LogP contribution in [0.5, 0.6) is 0 Å². The molecule has 0 saturated heterocycles. The summed E-state index contributed by atoms with van der Waals surface area (Å²) in [6, 6.07) is 1.58. The van der Waals surface area contributed by atoms with E-state index in [1.54, 1.807) is 6.07 Å². The summed E-state index contributed by atoms with van der Waals surface area (Å²) in [7, 11) is 0. The Hall–Kier alpha value is -1.85. The summed E-state index contributed by atoms with van der Waals surface area (Å²) in [5.74, 6) is -0.853. The van der Waals surface area contributed by atoms with E-state index < -0.39 is 17.4 Å². The van der Waals surface area contributed by atoms with Crippen LogP contribution in [0, 0.1) is 0 Å². The summed E-state index contributed by atoms with van der Waals surface area (Å²) in [6.07, 6.45) is 4.53. The smallest absolute Gasteiger partial charge is 0.329 e. The van der Waals surface area contributed by atoms with Crippen LogP contribution in [-0.2, 0) is 10.2 Å². The highest BCUT2D eigenvalue weighted by atomic mass is 16.5. The van der Waals surface area contributed by atoms with Gasteiger partial charge in [-0.25, -0.2) is 4.79 Å². The van der Waals surface area contributed by atoms with Crippen molar-refractivity contribution in [3.63, 3.8) is 0 Å². The van der Waals surface area contributed by atoms with E-state index in [0.717, 1.165) is 25.7 Å². The van der Waals surface area contributed by atoms with Gasteiger partial charge in [-0.1, -0.05) is 51.6 Å². The number of carboxylic acids is 1. The van der Waals surface area contributed by atoms with Crippen LogP contribution in [0.15, 0.2) is 10.6 Å². The molecule has 1 fully saturated rings. The molecule has 1 aromatic heterocycles. The summed E-state index contributed by atoms with van der Waals surface area (Å²) in [5, 5.41) is 16.1. The number of carbonyl (C=O) groups is 2. The summed E-state index contributed by atoms with van der Waals surface area (Å²) < 4.78 is 5.20. The zero-order valence-corrected chi connectivity index (χ0v) is 13.4. The molecule has 6 heteroatoms. The maximum atomic E-state index is 12.4. The van der Waals surface area contributed by atoms with E-state index >= 15 is 0 Å². The van der Waals surface area contributed by atoms with E-state index in [-0.39, 0.29) is 11.1 Å². The van der Waals surface area contributed by atoms with E-state index in [9.17, 15) is 14.7 Å². The van der Waals surface area contributed by atoms with Crippen LogP contribution in [0.4, 0.5) is 0 Å². The van der Waals surface area contributed by atoms with E-state index in [2.05, 4.69) is 10.5 Å². The number of amides is 1. The molecular formula is C16H24N2O4. The molecule has 1 heterocycles. The maximum Gasteiger partial charge on any atom is 0.329 e. The second-order valence-corrected chi connectivity index (χ2v) is 7.08. The second kappa shape index (κ2) is 6.10. The average Bonchev–Trinajstić information content (AvgIpc) is 2.81. The number of aromatic nitrogens is 1. The summed E-state index contributed by atoms with van der Waals surface area (Å²) in [6.45, 7) is 5.87. The topological polar surface area (TPSA) is 92.4 Å². The summed E-state index contributed by atoms with van der Waals surface area (Å²) in [4.78, 5) is 24.1. The van der Waals surface area contributed by atoms with Crippen molar-refractivity contribution in [2.75, 3.05) is 0 Å². The number of nitrogens with one attached hydrogen (secondary N) is 1. The van der Waals surface area contributed by atoms with Crippen molar-refractivity contribution >= 4 is 11.9 Å². The highest BCUT2D eigenvalue weighted by Gasteiger charge is 2.40. The molecule has 0 radical (unpaired) electrons. The molecule has 2 N–H and O–H groups in total. The van der Waals surface area contributed by atoms with Gasteiger partial charge in [-0.2, -0.15) is 0 Å². The van der Waals surface area contributed by atoms with Crippen LogP contribution in [0.25, 0.3) is 0 Å². The molecule has 1 aromatic rings. The molecule has 0 aliphatic heterocycles. The number of carboxylic acid groups (broad SMARTS) is 1. The van der Waals surface area contributed by atoms with E-state index in [1.807, 2.05) is 20.8 Å². The van der Waals surface area contributed by atoms with Crippen LogP contribution in [0.1, 0.15) is 75.5 Å². The second-order valence-electron chi connectivity index (χ2n) is 7.08. The lowest BCUT2D eigenvalue weighted by molar-refractivity contribution is -0.145. The number of carbonyl (C=O) groups excluding carboxylic acids is 1. The van der Waals surface area contributed by atoms with E-state index in [0.29, 0.717) is 18.6 Å². The zero-order valence-electron chi connectivity index (χ0n) is 13.4. The first-order valence-corrected chi connectivity index (χ1v) is 7.78. The minimum atomic E-state index is -1.19. The van der Waals surface area contributed by atoms with Crippen LogP contribution >= 0.6 is 0 Å². The van der Waals surface area contributed by atoms with E-state index in [4.69, 9.17) is 4.52 Å². The highest BCUT2D eigenvalue weighted by Crippen LogP contribution is 2.28. The fraction of sp³-hybridized carbons (Fsp3) is 0.688. The predicted octanol–water partition coefficient (Wildman–Crippen LogP) is 2.88. The highest BCUT2D eigenvalue weighted by molar-refractivity contribution is 5.96. The van der Waals surface area contributed by atoms with Crippen LogP contribution in [0.3, 0.4) is 0 Å². The van der Waals surface area contributed by atoms with Gasteiger partial charge < -0.3 is 14.9 Å². The molecule has 122 valence electrons. The monoisotopic (exact) mass is 308 g/mol. The van der Waals surface area contributed by atoms with Gasteiger partial charge in [-0.05, 0) is 12.8 Å². The molecule has 0 atom stereocenters. The van der Waals surface area contributed by atoms with Crippen molar-refractivity contribution in [2.24, 2.45) is 0 Å². The Labute approximate surface area is 130 Å². The third-order valence-corrected chi connectivity index (χ3v) is 4.20. The Morgan fingerprint density at radius 1 is 1.23 bits per heavy atom. The molecule has 0 bridgehead atoms.